The third-order valence-electron chi connectivity index (χ3n) is 10.0. The van der Waals surface area contributed by atoms with Crippen molar-refractivity contribution in [2.45, 2.75) is 72.1 Å². The van der Waals surface area contributed by atoms with E-state index in [0.29, 0.717) is 17.6 Å². The molecule has 1 aliphatic heterocycles. The van der Waals surface area contributed by atoms with Gasteiger partial charge in [0.05, 0.1) is 5.41 Å². The molecule has 4 aliphatic carbocycles. The van der Waals surface area contributed by atoms with Crippen LogP contribution < -0.4 is 0 Å². The van der Waals surface area contributed by atoms with Crippen LogP contribution in [0.2, 0.25) is 0 Å². The molecule has 170 valence electrons. The number of aliphatic hydroxyl groups is 2. The van der Waals surface area contributed by atoms with E-state index in [4.69, 9.17) is 9.47 Å². The molecule has 2 N–H and O–H groups in total. The van der Waals surface area contributed by atoms with E-state index in [2.05, 4.69) is 13.8 Å². The van der Waals surface area contributed by atoms with Gasteiger partial charge in [-0.25, -0.2) is 0 Å². The highest BCUT2D eigenvalue weighted by molar-refractivity contribution is 6.03. The van der Waals surface area contributed by atoms with Crippen molar-refractivity contribution in [1.82, 2.24) is 0 Å². The average molecular weight is 431 g/mol. The van der Waals surface area contributed by atoms with Gasteiger partial charge in [0.2, 0.25) is 24.1 Å². The number of fused-ring (bicyclic) bond motifs is 6. The van der Waals surface area contributed by atoms with Crippen LogP contribution in [0.15, 0.2) is 22.9 Å². The number of aliphatic hydroxyl groups excluding tert-OH is 2. The summed E-state index contributed by atoms with van der Waals surface area (Å²) in [6.45, 7) is 6.00. The Labute approximate surface area is 183 Å². The van der Waals surface area contributed by atoms with Crippen LogP contribution in [-0.2, 0) is 19.1 Å². The Balaban J connectivity index is 1.55. The zero-order valence-electron chi connectivity index (χ0n) is 18.8. The second-order valence-corrected chi connectivity index (χ2v) is 10.7. The normalized spacial score (nSPS) is 43.6. The minimum Gasteiger partial charge on any atom is -0.502 e. The molecule has 6 nitrogen and oxygen atoms in total. The molecule has 0 amide bonds. The number of hydrogen-bond donors (Lipinski definition) is 2. The molecule has 0 aromatic rings. The third kappa shape index (κ3) is 2.37. The third-order valence-corrected chi connectivity index (χ3v) is 10.0. The summed E-state index contributed by atoms with van der Waals surface area (Å²) in [5, 5.41) is 20.3. The van der Waals surface area contributed by atoms with E-state index in [9.17, 15) is 19.8 Å². The lowest BCUT2D eigenvalue weighted by Crippen LogP contribution is -2.57. The molecule has 5 rings (SSSR count). The van der Waals surface area contributed by atoms with Crippen LogP contribution in [0.1, 0.15) is 72.1 Å². The highest BCUT2D eigenvalue weighted by Crippen LogP contribution is 2.71. The van der Waals surface area contributed by atoms with Crippen molar-refractivity contribution in [3.05, 3.63) is 22.9 Å². The lowest BCUT2D eigenvalue weighted by Gasteiger charge is -2.59. The lowest BCUT2D eigenvalue weighted by atomic mass is 9.44. The van der Waals surface area contributed by atoms with Gasteiger partial charge in [-0.15, -0.1) is 0 Å². The number of carbonyl (C=O) groups excluding carboxylic acids is 2. The Hall–Kier alpha value is -1.82. The highest BCUT2D eigenvalue weighted by atomic mass is 16.7. The summed E-state index contributed by atoms with van der Waals surface area (Å²) in [7, 11) is 0. The number of Topliss-reactive ketones (excluding diaryl/α,β-unsaturated/α-hetero) is 2. The molecule has 0 radical (unpaired) electrons. The van der Waals surface area contributed by atoms with Crippen LogP contribution in [0.3, 0.4) is 0 Å². The Bertz CT molecular complexity index is 902. The molecule has 3 saturated carbocycles. The summed E-state index contributed by atoms with van der Waals surface area (Å²) in [4.78, 5) is 26.7. The molecule has 1 heterocycles. The predicted octanol–water partition coefficient (Wildman–Crippen LogP) is 4.19. The van der Waals surface area contributed by atoms with Crippen molar-refractivity contribution in [2.24, 2.45) is 34.0 Å². The van der Waals surface area contributed by atoms with Crippen molar-refractivity contribution < 1.29 is 29.3 Å². The molecule has 0 aromatic heterocycles. The molecule has 0 saturated heterocycles. The van der Waals surface area contributed by atoms with Gasteiger partial charge in [-0.1, -0.05) is 20.3 Å². The topological polar surface area (TPSA) is 93.1 Å². The first-order chi connectivity index (χ1) is 14.8. The van der Waals surface area contributed by atoms with Crippen LogP contribution in [0.4, 0.5) is 0 Å². The van der Waals surface area contributed by atoms with Gasteiger partial charge in [0, 0.05) is 5.41 Å². The molecule has 2 bridgehead atoms. The predicted molar refractivity (Wildman–Crippen MR) is 113 cm³/mol. The first kappa shape index (κ1) is 21.0. The van der Waals surface area contributed by atoms with Crippen molar-refractivity contribution in [2.75, 3.05) is 13.4 Å². The van der Waals surface area contributed by atoms with Gasteiger partial charge in [-0.05, 0) is 80.6 Å². The highest BCUT2D eigenvalue weighted by Gasteiger charge is 2.67. The molecule has 3 fully saturated rings. The van der Waals surface area contributed by atoms with Crippen molar-refractivity contribution in [3.8, 4) is 0 Å². The largest absolute Gasteiger partial charge is 0.502 e. The second kappa shape index (κ2) is 6.84. The number of ether oxygens (including phenoxy) is 2. The van der Waals surface area contributed by atoms with Crippen LogP contribution in [-0.4, -0.2) is 35.2 Å². The van der Waals surface area contributed by atoms with Gasteiger partial charge < -0.3 is 19.7 Å². The minimum absolute atomic E-state index is 0.00257. The summed E-state index contributed by atoms with van der Waals surface area (Å²) in [5.41, 5.74) is -0.395. The van der Waals surface area contributed by atoms with E-state index < -0.39 is 10.8 Å². The molecule has 31 heavy (non-hydrogen) atoms. The van der Waals surface area contributed by atoms with Crippen LogP contribution in [0, 0.1) is 34.0 Å². The fourth-order valence-corrected chi connectivity index (χ4v) is 8.60. The van der Waals surface area contributed by atoms with Gasteiger partial charge in [0.15, 0.2) is 11.5 Å². The van der Waals surface area contributed by atoms with E-state index in [-0.39, 0.29) is 47.8 Å². The average Bonchev–Trinajstić information content (AvgIpc) is 3.06. The molecule has 0 spiro atoms. The maximum atomic E-state index is 13.6. The Morgan fingerprint density at radius 1 is 1.10 bits per heavy atom. The number of carbonyl (C=O) groups is 2. The summed E-state index contributed by atoms with van der Waals surface area (Å²) in [6, 6.07) is 0. The van der Waals surface area contributed by atoms with Gasteiger partial charge in [0.25, 0.3) is 0 Å². The monoisotopic (exact) mass is 430 g/mol. The Morgan fingerprint density at radius 2 is 1.81 bits per heavy atom. The number of allylic oxidation sites excluding steroid dienone is 2. The van der Waals surface area contributed by atoms with Gasteiger partial charge >= 0.3 is 0 Å². The van der Waals surface area contributed by atoms with Crippen molar-refractivity contribution in [1.29, 1.82) is 0 Å². The molecular weight excluding hydrogens is 396 g/mol. The van der Waals surface area contributed by atoms with E-state index in [0.717, 1.165) is 56.9 Å². The van der Waals surface area contributed by atoms with E-state index in [1.54, 1.807) is 0 Å². The van der Waals surface area contributed by atoms with E-state index in [1.165, 1.54) is 0 Å². The SMILES string of the molecule is CCC[C@]1(C(=O)CO)CC[C@H]2[C@@H]3CCC4=C5OCOC(=C5O)C(=O)[C@]4(C)[C@H]3CC[C@@]21C. The zero-order valence-corrected chi connectivity index (χ0v) is 18.8. The Kier molecular flexibility index (Phi) is 4.64. The van der Waals surface area contributed by atoms with Crippen LogP contribution >= 0.6 is 0 Å². The summed E-state index contributed by atoms with van der Waals surface area (Å²) >= 11 is 0. The number of hydrogen-bond acceptors (Lipinski definition) is 6. The standard InChI is InChI=1S/C25H34O6/c1-4-9-25(18(27)12-26)11-8-15-14-5-6-17-20-19(28)21(31-13-30-20)22(29)24(17,3)16(14)7-10-23(15,25)2/h14-16,26,28H,4-13H2,1-3H3/t14-,15-,16-,23-,24+,25+/m0/s1. The molecule has 6 heteroatoms. The molecular formula is C25H34O6. The van der Waals surface area contributed by atoms with Crippen molar-refractivity contribution in [3.63, 3.8) is 0 Å². The van der Waals surface area contributed by atoms with Crippen LogP contribution in [0.25, 0.3) is 0 Å². The fraction of sp³-hybridized carbons (Fsp3) is 0.760. The number of ketones is 2. The van der Waals surface area contributed by atoms with Gasteiger partial charge in [0.1, 0.15) is 6.61 Å². The van der Waals surface area contributed by atoms with Crippen LogP contribution in [0.5, 0.6) is 0 Å². The molecule has 5 aliphatic rings. The maximum absolute atomic E-state index is 13.6. The van der Waals surface area contributed by atoms with Gasteiger partial charge in [-0.3, -0.25) is 9.59 Å². The lowest BCUT2D eigenvalue weighted by molar-refractivity contribution is -0.154. The molecule has 0 unspecified atom stereocenters. The second-order valence-electron chi connectivity index (χ2n) is 10.7. The fourth-order valence-electron chi connectivity index (χ4n) is 8.60. The Morgan fingerprint density at radius 3 is 2.52 bits per heavy atom. The molecule has 6 atom stereocenters. The summed E-state index contributed by atoms with van der Waals surface area (Å²) < 4.78 is 11.1. The zero-order chi connectivity index (χ0) is 22.2. The summed E-state index contributed by atoms with van der Waals surface area (Å²) in [6.07, 6.45) is 6.95. The van der Waals surface area contributed by atoms with Crippen molar-refractivity contribution >= 4 is 11.6 Å². The molecule has 0 aromatic carbocycles. The van der Waals surface area contributed by atoms with Gasteiger partial charge in [-0.2, -0.15) is 0 Å². The van der Waals surface area contributed by atoms with E-state index >= 15 is 0 Å². The first-order valence-electron chi connectivity index (χ1n) is 11.9. The van der Waals surface area contributed by atoms with E-state index in [1.807, 2.05) is 6.92 Å². The smallest absolute Gasteiger partial charge is 0.231 e. The quantitative estimate of drug-likeness (QED) is 0.695. The number of rotatable bonds is 4. The first-order valence-corrected chi connectivity index (χ1v) is 11.9. The summed E-state index contributed by atoms with van der Waals surface area (Å²) in [5.74, 6) is 1.10. The maximum Gasteiger partial charge on any atom is 0.231 e. The minimum atomic E-state index is -0.724.